The lowest BCUT2D eigenvalue weighted by Gasteiger charge is -2.24. The van der Waals surface area contributed by atoms with Gasteiger partial charge in [-0.2, -0.15) is 0 Å². The van der Waals surface area contributed by atoms with E-state index in [0.29, 0.717) is 6.42 Å². The van der Waals surface area contributed by atoms with E-state index in [0.717, 1.165) is 12.8 Å². The van der Waals surface area contributed by atoms with Gasteiger partial charge < -0.3 is 16.8 Å². The molecule has 2 atom stereocenters. The Morgan fingerprint density at radius 1 is 1.33 bits per heavy atom. The van der Waals surface area contributed by atoms with Gasteiger partial charge in [-0.3, -0.25) is 9.59 Å². The van der Waals surface area contributed by atoms with Crippen LogP contribution in [0.4, 0.5) is 0 Å². The molecule has 0 aliphatic heterocycles. The SMILES string of the molecule is CC(C)(NC(=O)C1CCC(N)C1)C(N)=O. The van der Waals surface area contributed by atoms with Gasteiger partial charge in [0.2, 0.25) is 11.8 Å². The van der Waals surface area contributed by atoms with Crippen LogP contribution in [0.2, 0.25) is 0 Å². The maximum absolute atomic E-state index is 11.7. The number of hydrogen-bond donors (Lipinski definition) is 3. The third kappa shape index (κ3) is 2.92. The minimum atomic E-state index is -0.982. The van der Waals surface area contributed by atoms with Crippen molar-refractivity contribution in [3.05, 3.63) is 0 Å². The highest BCUT2D eigenvalue weighted by atomic mass is 16.2. The molecule has 2 unspecified atom stereocenters. The fourth-order valence-electron chi connectivity index (χ4n) is 1.73. The third-order valence-corrected chi connectivity index (χ3v) is 2.90. The molecule has 0 heterocycles. The van der Waals surface area contributed by atoms with Crippen LogP contribution >= 0.6 is 0 Å². The number of nitrogens with two attached hydrogens (primary N) is 2. The number of carbonyl (C=O) groups excluding carboxylic acids is 2. The van der Waals surface area contributed by atoms with Crippen molar-refractivity contribution in [1.82, 2.24) is 5.32 Å². The number of primary amides is 1. The Bertz CT molecular complexity index is 276. The van der Waals surface area contributed by atoms with Gasteiger partial charge in [0.25, 0.3) is 0 Å². The largest absolute Gasteiger partial charge is 0.368 e. The van der Waals surface area contributed by atoms with Crippen LogP contribution in [-0.4, -0.2) is 23.4 Å². The maximum Gasteiger partial charge on any atom is 0.242 e. The normalized spacial score (nSPS) is 26.3. The summed E-state index contributed by atoms with van der Waals surface area (Å²) < 4.78 is 0. The summed E-state index contributed by atoms with van der Waals surface area (Å²) in [6.07, 6.45) is 2.36. The summed E-state index contributed by atoms with van der Waals surface area (Å²) in [5.41, 5.74) is 9.90. The Kier molecular flexibility index (Phi) is 3.34. The zero-order valence-corrected chi connectivity index (χ0v) is 9.25. The van der Waals surface area contributed by atoms with E-state index in [1.807, 2.05) is 0 Å². The Labute approximate surface area is 89.6 Å². The molecule has 1 aliphatic carbocycles. The first-order valence-corrected chi connectivity index (χ1v) is 5.20. The molecule has 1 fully saturated rings. The zero-order valence-electron chi connectivity index (χ0n) is 9.25. The van der Waals surface area contributed by atoms with Crippen molar-refractivity contribution < 1.29 is 9.59 Å². The molecule has 0 radical (unpaired) electrons. The van der Waals surface area contributed by atoms with E-state index in [4.69, 9.17) is 11.5 Å². The molecule has 86 valence electrons. The van der Waals surface area contributed by atoms with Crippen LogP contribution in [0.3, 0.4) is 0 Å². The van der Waals surface area contributed by atoms with Crippen LogP contribution in [0, 0.1) is 5.92 Å². The van der Waals surface area contributed by atoms with Crippen molar-refractivity contribution >= 4 is 11.8 Å². The first-order chi connectivity index (χ1) is 6.83. The Morgan fingerprint density at radius 2 is 1.93 bits per heavy atom. The van der Waals surface area contributed by atoms with E-state index in [1.54, 1.807) is 13.8 Å². The lowest BCUT2D eigenvalue weighted by Crippen LogP contribution is -2.54. The number of nitrogens with one attached hydrogen (secondary N) is 1. The van der Waals surface area contributed by atoms with Crippen LogP contribution in [0.15, 0.2) is 0 Å². The third-order valence-electron chi connectivity index (χ3n) is 2.90. The molecule has 2 amide bonds. The highest BCUT2D eigenvalue weighted by Gasteiger charge is 2.33. The molecule has 0 aromatic heterocycles. The first kappa shape index (κ1) is 12.0. The predicted octanol–water partition coefficient (Wildman–Crippen LogP) is -0.506. The highest BCUT2D eigenvalue weighted by Crippen LogP contribution is 2.24. The van der Waals surface area contributed by atoms with Crippen LogP contribution in [0.1, 0.15) is 33.1 Å². The van der Waals surface area contributed by atoms with Gasteiger partial charge in [0.05, 0.1) is 0 Å². The van der Waals surface area contributed by atoms with Crippen molar-refractivity contribution in [1.29, 1.82) is 0 Å². The van der Waals surface area contributed by atoms with Gasteiger partial charge in [-0.25, -0.2) is 0 Å². The summed E-state index contributed by atoms with van der Waals surface area (Å²) in [6, 6.07) is 0.109. The predicted molar refractivity (Wildman–Crippen MR) is 56.7 cm³/mol. The van der Waals surface area contributed by atoms with E-state index in [1.165, 1.54) is 0 Å². The molecule has 1 saturated carbocycles. The van der Waals surface area contributed by atoms with E-state index in [9.17, 15) is 9.59 Å². The highest BCUT2D eigenvalue weighted by molar-refractivity contribution is 5.90. The minimum absolute atomic E-state index is 0.0707. The molecule has 0 aromatic carbocycles. The van der Waals surface area contributed by atoms with Crippen molar-refractivity contribution in [2.45, 2.75) is 44.7 Å². The molecule has 15 heavy (non-hydrogen) atoms. The molecule has 0 spiro atoms. The molecule has 5 heteroatoms. The quantitative estimate of drug-likeness (QED) is 0.589. The average molecular weight is 213 g/mol. The topological polar surface area (TPSA) is 98.2 Å². The van der Waals surface area contributed by atoms with Crippen molar-refractivity contribution in [3.8, 4) is 0 Å². The zero-order chi connectivity index (χ0) is 11.6. The molecule has 1 aliphatic rings. The second-order valence-electron chi connectivity index (χ2n) is 4.75. The van der Waals surface area contributed by atoms with Gasteiger partial charge in [0.1, 0.15) is 5.54 Å². The molecular weight excluding hydrogens is 194 g/mol. The standard InChI is InChI=1S/C10H19N3O2/c1-10(2,9(12)15)13-8(14)6-3-4-7(11)5-6/h6-7H,3-5,11H2,1-2H3,(H2,12,15)(H,13,14). The molecule has 5 nitrogen and oxygen atoms in total. The van der Waals surface area contributed by atoms with E-state index >= 15 is 0 Å². The van der Waals surface area contributed by atoms with Crippen molar-refractivity contribution in [3.63, 3.8) is 0 Å². The van der Waals surface area contributed by atoms with E-state index < -0.39 is 11.4 Å². The van der Waals surface area contributed by atoms with Gasteiger partial charge >= 0.3 is 0 Å². The van der Waals surface area contributed by atoms with E-state index in [2.05, 4.69) is 5.32 Å². The number of amides is 2. The van der Waals surface area contributed by atoms with Crippen LogP contribution in [0.25, 0.3) is 0 Å². The lowest BCUT2D eigenvalue weighted by atomic mass is 10.0. The fourth-order valence-corrected chi connectivity index (χ4v) is 1.73. The first-order valence-electron chi connectivity index (χ1n) is 5.20. The number of rotatable bonds is 3. The molecule has 0 saturated heterocycles. The van der Waals surface area contributed by atoms with Crippen molar-refractivity contribution in [2.24, 2.45) is 17.4 Å². The van der Waals surface area contributed by atoms with Crippen LogP contribution < -0.4 is 16.8 Å². The van der Waals surface area contributed by atoms with Crippen LogP contribution in [0.5, 0.6) is 0 Å². The Hall–Kier alpha value is -1.10. The Balaban J connectivity index is 2.52. The molecule has 0 bridgehead atoms. The second kappa shape index (κ2) is 4.18. The Morgan fingerprint density at radius 3 is 2.33 bits per heavy atom. The van der Waals surface area contributed by atoms with Gasteiger partial charge in [0, 0.05) is 12.0 Å². The van der Waals surface area contributed by atoms with Crippen LogP contribution in [-0.2, 0) is 9.59 Å². The molecule has 0 aromatic rings. The summed E-state index contributed by atoms with van der Waals surface area (Å²) >= 11 is 0. The van der Waals surface area contributed by atoms with Gasteiger partial charge in [-0.15, -0.1) is 0 Å². The fraction of sp³-hybridized carbons (Fsp3) is 0.800. The smallest absolute Gasteiger partial charge is 0.242 e. The second-order valence-corrected chi connectivity index (χ2v) is 4.75. The monoisotopic (exact) mass is 213 g/mol. The van der Waals surface area contributed by atoms with E-state index in [-0.39, 0.29) is 17.9 Å². The summed E-state index contributed by atoms with van der Waals surface area (Å²) in [7, 11) is 0. The minimum Gasteiger partial charge on any atom is -0.368 e. The van der Waals surface area contributed by atoms with Gasteiger partial charge in [0.15, 0.2) is 0 Å². The molecule has 5 N–H and O–H groups in total. The number of carbonyl (C=O) groups is 2. The van der Waals surface area contributed by atoms with Gasteiger partial charge in [-0.05, 0) is 33.1 Å². The summed E-state index contributed by atoms with van der Waals surface area (Å²) in [5, 5.41) is 2.65. The molecule has 1 rings (SSSR count). The van der Waals surface area contributed by atoms with Crippen molar-refractivity contribution in [2.75, 3.05) is 0 Å². The lowest BCUT2D eigenvalue weighted by molar-refractivity contribution is -0.132. The summed E-state index contributed by atoms with van der Waals surface area (Å²) in [5.74, 6) is -0.719. The average Bonchev–Trinajstić information content (AvgIpc) is 2.50. The summed E-state index contributed by atoms with van der Waals surface area (Å²) in [4.78, 5) is 22.8. The molecular formula is C10H19N3O2. The van der Waals surface area contributed by atoms with Gasteiger partial charge in [-0.1, -0.05) is 0 Å². The maximum atomic E-state index is 11.7. The summed E-state index contributed by atoms with van der Waals surface area (Å²) in [6.45, 7) is 3.20. The number of hydrogen-bond acceptors (Lipinski definition) is 3.